The molecule has 2 N–H and O–H groups in total. The summed E-state index contributed by atoms with van der Waals surface area (Å²) in [5, 5.41) is 6.13. The van der Waals surface area contributed by atoms with Crippen LogP contribution in [0.5, 0.6) is 0 Å². The summed E-state index contributed by atoms with van der Waals surface area (Å²) < 4.78 is 5.01. The van der Waals surface area contributed by atoms with Crippen molar-refractivity contribution in [3.63, 3.8) is 0 Å². The van der Waals surface area contributed by atoms with Crippen LogP contribution in [0.25, 0.3) is 0 Å². The fourth-order valence-corrected chi connectivity index (χ4v) is 1.89. The number of hydrogen-bond acceptors (Lipinski definition) is 4. The van der Waals surface area contributed by atoms with Gasteiger partial charge in [0, 0.05) is 12.5 Å². The van der Waals surface area contributed by atoms with E-state index in [1.165, 1.54) is 0 Å². The quantitative estimate of drug-likeness (QED) is 0.465. The Morgan fingerprint density at radius 2 is 2.05 bits per heavy atom. The lowest BCUT2D eigenvalue weighted by molar-refractivity contribution is -0.145. The maximum absolute atomic E-state index is 11.7. The van der Waals surface area contributed by atoms with Gasteiger partial charge >= 0.3 is 5.97 Å². The van der Waals surface area contributed by atoms with Crippen molar-refractivity contribution in [3.05, 3.63) is 0 Å². The molecule has 5 nitrogen and oxygen atoms in total. The molecular weight excluding hydrogens is 244 g/mol. The maximum atomic E-state index is 11.7. The Bertz CT molecular complexity index is 290. The van der Waals surface area contributed by atoms with Crippen LogP contribution in [-0.2, 0) is 14.3 Å². The Hall–Kier alpha value is -1.10. The molecule has 0 aromatic carbocycles. The third-order valence-electron chi connectivity index (χ3n) is 3.06. The van der Waals surface area contributed by atoms with E-state index < -0.39 is 0 Å². The normalized spacial score (nSPS) is 15.9. The molecule has 0 aliphatic heterocycles. The van der Waals surface area contributed by atoms with Crippen LogP contribution < -0.4 is 10.6 Å². The molecule has 0 saturated heterocycles. The fraction of sp³-hybridized carbons (Fsp3) is 0.857. The lowest BCUT2D eigenvalue weighted by Gasteiger charge is -2.16. The summed E-state index contributed by atoms with van der Waals surface area (Å²) in [5.41, 5.74) is 0. The Balaban J connectivity index is 2.12. The summed E-state index contributed by atoms with van der Waals surface area (Å²) in [6.45, 7) is 4.92. The largest absolute Gasteiger partial charge is 0.465 e. The van der Waals surface area contributed by atoms with Gasteiger partial charge in [-0.1, -0.05) is 13.3 Å². The SMILES string of the molecule is CCCC(NCCCC(=O)NC1CC1)C(=O)OCC. The lowest BCUT2D eigenvalue weighted by atomic mass is 10.1. The first-order valence-corrected chi connectivity index (χ1v) is 7.36. The summed E-state index contributed by atoms with van der Waals surface area (Å²) in [6, 6.07) is 0.185. The van der Waals surface area contributed by atoms with Crippen LogP contribution in [0.1, 0.15) is 52.4 Å². The molecular formula is C14H26N2O3. The minimum absolute atomic E-state index is 0.118. The second-order valence-electron chi connectivity index (χ2n) is 4.99. The summed E-state index contributed by atoms with van der Waals surface area (Å²) >= 11 is 0. The third-order valence-corrected chi connectivity index (χ3v) is 3.06. The van der Waals surface area contributed by atoms with Crippen LogP contribution in [0.15, 0.2) is 0 Å². The van der Waals surface area contributed by atoms with E-state index in [2.05, 4.69) is 10.6 Å². The highest BCUT2D eigenvalue weighted by Gasteiger charge is 2.23. The number of carbonyl (C=O) groups is 2. The van der Waals surface area contributed by atoms with Crippen LogP contribution in [0.4, 0.5) is 0 Å². The van der Waals surface area contributed by atoms with Crippen molar-refractivity contribution < 1.29 is 14.3 Å². The van der Waals surface area contributed by atoms with Gasteiger partial charge in [-0.05, 0) is 39.2 Å². The molecule has 1 fully saturated rings. The molecule has 0 aromatic heterocycles. The van der Waals surface area contributed by atoms with Gasteiger partial charge in [0.25, 0.3) is 0 Å². The zero-order valence-corrected chi connectivity index (χ0v) is 12.0. The molecule has 110 valence electrons. The first kappa shape index (κ1) is 16.0. The molecule has 0 bridgehead atoms. The van der Waals surface area contributed by atoms with Crippen LogP contribution in [0.2, 0.25) is 0 Å². The molecule has 1 rings (SSSR count). The number of carbonyl (C=O) groups excluding carboxylic acids is 2. The van der Waals surface area contributed by atoms with Crippen LogP contribution in [0, 0.1) is 0 Å². The Morgan fingerprint density at radius 3 is 2.63 bits per heavy atom. The minimum Gasteiger partial charge on any atom is -0.465 e. The number of ether oxygens (including phenoxy) is 1. The fourth-order valence-electron chi connectivity index (χ4n) is 1.89. The number of rotatable bonds is 10. The summed E-state index contributed by atoms with van der Waals surface area (Å²) in [6.07, 6.45) is 5.20. The van der Waals surface area contributed by atoms with E-state index in [9.17, 15) is 9.59 Å². The van der Waals surface area contributed by atoms with Crippen LogP contribution in [-0.4, -0.2) is 37.1 Å². The van der Waals surface area contributed by atoms with E-state index >= 15 is 0 Å². The molecule has 0 spiro atoms. The number of hydrogen-bond donors (Lipinski definition) is 2. The molecule has 0 radical (unpaired) electrons. The van der Waals surface area contributed by atoms with E-state index in [1.54, 1.807) is 0 Å². The first-order valence-electron chi connectivity index (χ1n) is 7.36. The van der Waals surface area contributed by atoms with E-state index in [1.807, 2.05) is 13.8 Å². The second kappa shape index (κ2) is 8.91. The van der Waals surface area contributed by atoms with Crippen LogP contribution in [0.3, 0.4) is 0 Å². The Morgan fingerprint density at radius 1 is 1.32 bits per heavy atom. The van der Waals surface area contributed by atoms with Gasteiger partial charge in [0.05, 0.1) is 6.61 Å². The molecule has 1 amide bonds. The molecule has 1 aliphatic rings. The zero-order valence-electron chi connectivity index (χ0n) is 12.0. The molecule has 1 saturated carbocycles. The van der Waals surface area contributed by atoms with Crippen molar-refractivity contribution in [2.24, 2.45) is 0 Å². The van der Waals surface area contributed by atoms with Gasteiger partial charge in [-0.25, -0.2) is 0 Å². The molecule has 5 heteroatoms. The Labute approximate surface area is 115 Å². The van der Waals surface area contributed by atoms with Gasteiger partial charge in [-0.3, -0.25) is 9.59 Å². The van der Waals surface area contributed by atoms with Crippen LogP contribution >= 0.6 is 0 Å². The van der Waals surface area contributed by atoms with Gasteiger partial charge in [0.2, 0.25) is 5.91 Å². The standard InChI is InChI=1S/C14H26N2O3/c1-3-6-12(14(18)19-4-2)15-10-5-7-13(17)16-11-8-9-11/h11-12,15H,3-10H2,1-2H3,(H,16,17). The highest BCUT2D eigenvalue weighted by molar-refractivity contribution is 5.76. The zero-order chi connectivity index (χ0) is 14.1. The number of esters is 1. The Kier molecular flexibility index (Phi) is 7.48. The molecule has 1 aliphatic carbocycles. The van der Waals surface area contributed by atoms with E-state index in [-0.39, 0.29) is 17.9 Å². The first-order chi connectivity index (χ1) is 9.17. The van der Waals surface area contributed by atoms with E-state index in [0.29, 0.717) is 25.6 Å². The average Bonchev–Trinajstić information content (AvgIpc) is 3.17. The highest BCUT2D eigenvalue weighted by Crippen LogP contribution is 2.18. The monoisotopic (exact) mass is 270 g/mol. The van der Waals surface area contributed by atoms with Crippen molar-refractivity contribution in [1.29, 1.82) is 0 Å². The van der Waals surface area contributed by atoms with Crippen molar-refractivity contribution in [2.75, 3.05) is 13.2 Å². The van der Waals surface area contributed by atoms with Gasteiger partial charge in [0.1, 0.15) is 6.04 Å². The maximum Gasteiger partial charge on any atom is 0.323 e. The molecule has 1 atom stereocenters. The van der Waals surface area contributed by atoms with Crippen molar-refractivity contribution in [2.45, 2.75) is 64.5 Å². The molecule has 0 heterocycles. The smallest absolute Gasteiger partial charge is 0.323 e. The van der Waals surface area contributed by atoms with Gasteiger partial charge < -0.3 is 15.4 Å². The van der Waals surface area contributed by atoms with Gasteiger partial charge in [-0.15, -0.1) is 0 Å². The summed E-state index contributed by atoms with van der Waals surface area (Å²) in [7, 11) is 0. The number of nitrogens with one attached hydrogen (secondary N) is 2. The van der Waals surface area contributed by atoms with Gasteiger partial charge in [0.15, 0.2) is 0 Å². The van der Waals surface area contributed by atoms with Gasteiger partial charge in [-0.2, -0.15) is 0 Å². The van der Waals surface area contributed by atoms with E-state index in [0.717, 1.165) is 32.1 Å². The lowest BCUT2D eigenvalue weighted by Crippen LogP contribution is -2.39. The number of amides is 1. The van der Waals surface area contributed by atoms with Crippen molar-refractivity contribution in [3.8, 4) is 0 Å². The topological polar surface area (TPSA) is 67.4 Å². The highest BCUT2D eigenvalue weighted by atomic mass is 16.5. The summed E-state index contributed by atoms with van der Waals surface area (Å²) in [4.78, 5) is 23.1. The molecule has 0 aromatic rings. The predicted octanol–water partition coefficient (Wildman–Crippen LogP) is 1.37. The predicted molar refractivity (Wildman–Crippen MR) is 73.7 cm³/mol. The molecule has 19 heavy (non-hydrogen) atoms. The van der Waals surface area contributed by atoms with Crippen molar-refractivity contribution >= 4 is 11.9 Å². The third kappa shape index (κ3) is 7.15. The van der Waals surface area contributed by atoms with E-state index in [4.69, 9.17) is 4.74 Å². The minimum atomic E-state index is -0.239. The summed E-state index contributed by atoms with van der Waals surface area (Å²) in [5.74, 6) is -0.0701. The second-order valence-corrected chi connectivity index (χ2v) is 4.99. The average molecular weight is 270 g/mol. The molecule has 1 unspecified atom stereocenters. The van der Waals surface area contributed by atoms with Crippen molar-refractivity contribution in [1.82, 2.24) is 10.6 Å².